The van der Waals surface area contributed by atoms with Crippen LogP contribution in [-0.4, -0.2) is 22.3 Å². The average molecular weight is 254 g/mol. The molecule has 0 aliphatic heterocycles. The summed E-state index contributed by atoms with van der Waals surface area (Å²) < 4.78 is 5.36. The minimum atomic E-state index is -0.381. The number of esters is 1. The normalized spacial score (nSPS) is 35.6. The number of ether oxygens (including phenoxy) is 1. The van der Waals surface area contributed by atoms with Gasteiger partial charge in [-0.1, -0.05) is 0 Å². The van der Waals surface area contributed by atoms with Gasteiger partial charge in [0, 0.05) is 6.42 Å². The van der Waals surface area contributed by atoms with Gasteiger partial charge in [-0.3, -0.25) is 4.79 Å². The van der Waals surface area contributed by atoms with E-state index >= 15 is 0 Å². The lowest BCUT2D eigenvalue weighted by atomic mass is 9.57. The van der Waals surface area contributed by atoms with Gasteiger partial charge < -0.3 is 9.84 Å². The second-order valence-corrected chi connectivity index (χ2v) is 7.31. The topological polar surface area (TPSA) is 46.5 Å². The van der Waals surface area contributed by atoms with Crippen LogP contribution in [0.25, 0.3) is 0 Å². The number of hydrogen-bond acceptors (Lipinski definition) is 3. The van der Waals surface area contributed by atoms with Gasteiger partial charge >= 0.3 is 5.97 Å². The van der Waals surface area contributed by atoms with Gasteiger partial charge in [-0.05, 0) is 71.1 Å². The molecule has 104 valence electrons. The first-order valence-electron chi connectivity index (χ1n) is 7.16. The Kier molecular flexibility index (Phi) is 3.48. The summed E-state index contributed by atoms with van der Waals surface area (Å²) in [5, 5.41) is 10.2. The van der Waals surface area contributed by atoms with Crippen molar-refractivity contribution in [1.82, 2.24) is 0 Å². The predicted octanol–water partition coefficient (Wildman–Crippen LogP) is 3.19. The standard InChI is InChI=1S/C15H26O3/c1-13(2,3)18-12(16)4-5-14-6-9-15(17,10-7-14)11-8-14/h17H,4-11H2,1-3H3. The van der Waals surface area contributed by atoms with Gasteiger partial charge in [0.1, 0.15) is 5.60 Å². The minimum Gasteiger partial charge on any atom is -0.460 e. The number of carbonyl (C=O) groups is 1. The Labute approximate surface area is 110 Å². The minimum absolute atomic E-state index is 0.0803. The van der Waals surface area contributed by atoms with E-state index in [4.69, 9.17) is 4.74 Å². The SMILES string of the molecule is CC(C)(C)OC(=O)CCC12CCC(O)(CC1)CC2. The van der Waals surface area contributed by atoms with Crippen LogP contribution < -0.4 is 0 Å². The summed E-state index contributed by atoms with van der Waals surface area (Å²) in [6.45, 7) is 5.72. The molecule has 0 saturated heterocycles. The van der Waals surface area contributed by atoms with Crippen molar-refractivity contribution in [2.75, 3.05) is 0 Å². The second-order valence-electron chi connectivity index (χ2n) is 7.31. The summed E-state index contributed by atoms with van der Waals surface area (Å²) in [7, 11) is 0. The maximum absolute atomic E-state index is 11.8. The zero-order valence-electron chi connectivity index (χ0n) is 11.9. The third-order valence-corrected chi connectivity index (χ3v) is 4.64. The van der Waals surface area contributed by atoms with Crippen LogP contribution in [0.5, 0.6) is 0 Å². The van der Waals surface area contributed by atoms with E-state index in [0.29, 0.717) is 11.8 Å². The van der Waals surface area contributed by atoms with Gasteiger partial charge in [0.25, 0.3) is 0 Å². The third kappa shape index (κ3) is 3.25. The monoisotopic (exact) mass is 254 g/mol. The van der Waals surface area contributed by atoms with Crippen LogP contribution in [0.15, 0.2) is 0 Å². The molecule has 3 fully saturated rings. The lowest BCUT2D eigenvalue weighted by Crippen LogP contribution is -2.46. The van der Waals surface area contributed by atoms with E-state index in [1.165, 1.54) is 0 Å². The molecule has 2 bridgehead atoms. The van der Waals surface area contributed by atoms with Crippen LogP contribution in [0.1, 0.15) is 72.1 Å². The fourth-order valence-electron chi connectivity index (χ4n) is 3.38. The Morgan fingerprint density at radius 3 is 2.06 bits per heavy atom. The molecule has 3 saturated carbocycles. The lowest BCUT2D eigenvalue weighted by Gasteiger charge is -2.51. The molecule has 18 heavy (non-hydrogen) atoms. The average Bonchev–Trinajstić information content (AvgIpc) is 2.26. The molecule has 3 heteroatoms. The molecule has 3 nitrogen and oxygen atoms in total. The largest absolute Gasteiger partial charge is 0.460 e. The van der Waals surface area contributed by atoms with Crippen LogP contribution in [0, 0.1) is 5.41 Å². The van der Waals surface area contributed by atoms with E-state index in [1.54, 1.807) is 0 Å². The summed E-state index contributed by atoms with van der Waals surface area (Å²) in [5.41, 5.74) is -0.455. The highest BCUT2D eigenvalue weighted by atomic mass is 16.6. The Hall–Kier alpha value is -0.570. The first-order valence-corrected chi connectivity index (χ1v) is 7.16. The molecule has 0 heterocycles. The summed E-state index contributed by atoms with van der Waals surface area (Å²) in [6, 6.07) is 0. The molecule has 0 aromatic rings. The van der Waals surface area contributed by atoms with Crippen LogP contribution in [0.2, 0.25) is 0 Å². The molecule has 0 aromatic heterocycles. The quantitative estimate of drug-likeness (QED) is 0.787. The Morgan fingerprint density at radius 1 is 1.11 bits per heavy atom. The fourth-order valence-corrected chi connectivity index (χ4v) is 3.38. The molecule has 3 aliphatic rings. The molecule has 3 rings (SSSR count). The van der Waals surface area contributed by atoms with Gasteiger partial charge in [-0.15, -0.1) is 0 Å². The Bertz CT molecular complexity index is 303. The van der Waals surface area contributed by atoms with Crippen molar-refractivity contribution in [2.24, 2.45) is 5.41 Å². The summed E-state index contributed by atoms with van der Waals surface area (Å²) >= 11 is 0. The molecule has 0 amide bonds. The first kappa shape index (κ1) is 13.9. The van der Waals surface area contributed by atoms with Crippen molar-refractivity contribution >= 4 is 5.97 Å². The zero-order chi connectivity index (χ0) is 13.4. The summed E-state index contributed by atoms with van der Waals surface area (Å²) in [4.78, 5) is 11.8. The van der Waals surface area contributed by atoms with Gasteiger partial charge in [-0.2, -0.15) is 0 Å². The number of aliphatic hydroxyl groups is 1. The Balaban J connectivity index is 1.82. The maximum atomic E-state index is 11.8. The smallest absolute Gasteiger partial charge is 0.306 e. The molecule has 0 unspecified atom stereocenters. The van der Waals surface area contributed by atoms with Gasteiger partial charge in [-0.25, -0.2) is 0 Å². The van der Waals surface area contributed by atoms with E-state index in [1.807, 2.05) is 20.8 Å². The zero-order valence-corrected chi connectivity index (χ0v) is 11.9. The Morgan fingerprint density at radius 2 is 1.61 bits per heavy atom. The van der Waals surface area contributed by atoms with E-state index in [2.05, 4.69) is 0 Å². The van der Waals surface area contributed by atoms with Gasteiger partial charge in [0.2, 0.25) is 0 Å². The molecule has 3 aliphatic carbocycles. The molecule has 0 aromatic carbocycles. The highest BCUT2D eigenvalue weighted by Gasteiger charge is 2.47. The number of carbonyl (C=O) groups excluding carboxylic acids is 1. The van der Waals surface area contributed by atoms with Crippen molar-refractivity contribution in [3.05, 3.63) is 0 Å². The van der Waals surface area contributed by atoms with Crippen LogP contribution >= 0.6 is 0 Å². The van der Waals surface area contributed by atoms with Crippen molar-refractivity contribution < 1.29 is 14.6 Å². The number of hydrogen-bond donors (Lipinski definition) is 1. The van der Waals surface area contributed by atoms with E-state index in [0.717, 1.165) is 44.9 Å². The molecular formula is C15H26O3. The molecule has 1 N–H and O–H groups in total. The van der Waals surface area contributed by atoms with Gasteiger partial charge in [0.15, 0.2) is 0 Å². The third-order valence-electron chi connectivity index (χ3n) is 4.64. The van der Waals surface area contributed by atoms with Crippen molar-refractivity contribution in [3.63, 3.8) is 0 Å². The second kappa shape index (κ2) is 4.52. The van der Waals surface area contributed by atoms with E-state index in [-0.39, 0.29) is 17.2 Å². The van der Waals surface area contributed by atoms with Crippen LogP contribution in [0.4, 0.5) is 0 Å². The van der Waals surface area contributed by atoms with Crippen LogP contribution in [0.3, 0.4) is 0 Å². The molecule has 0 atom stereocenters. The first-order chi connectivity index (χ1) is 8.22. The fraction of sp³-hybridized carbons (Fsp3) is 0.933. The lowest BCUT2D eigenvalue weighted by molar-refractivity contribution is -0.156. The molecule has 0 radical (unpaired) electrons. The predicted molar refractivity (Wildman–Crippen MR) is 70.2 cm³/mol. The van der Waals surface area contributed by atoms with Gasteiger partial charge in [0.05, 0.1) is 5.60 Å². The van der Waals surface area contributed by atoms with Crippen molar-refractivity contribution in [2.45, 2.75) is 83.3 Å². The van der Waals surface area contributed by atoms with Crippen molar-refractivity contribution in [1.29, 1.82) is 0 Å². The van der Waals surface area contributed by atoms with E-state index < -0.39 is 0 Å². The molecule has 0 spiro atoms. The highest BCUT2D eigenvalue weighted by molar-refractivity contribution is 5.69. The summed E-state index contributed by atoms with van der Waals surface area (Å²) in [6.07, 6.45) is 7.43. The summed E-state index contributed by atoms with van der Waals surface area (Å²) in [5.74, 6) is -0.0803. The molecular weight excluding hydrogens is 228 g/mol. The highest BCUT2D eigenvalue weighted by Crippen LogP contribution is 2.54. The maximum Gasteiger partial charge on any atom is 0.306 e. The van der Waals surface area contributed by atoms with E-state index in [9.17, 15) is 9.90 Å². The number of fused-ring (bicyclic) bond motifs is 3. The number of rotatable bonds is 3. The van der Waals surface area contributed by atoms with Crippen LogP contribution in [-0.2, 0) is 9.53 Å². The van der Waals surface area contributed by atoms with Crippen molar-refractivity contribution in [3.8, 4) is 0 Å².